The highest BCUT2D eigenvalue weighted by molar-refractivity contribution is 7.19. The number of fused-ring (bicyclic) bond motifs is 3. The zero-order chi connectivity index (χ0) is 20.5. The monoisotopic (exact) mass is 440 g/mol. The van der Waals surface area contributed by atoms with Crippen molar-refractivity contribution in [2.75, 3.05) is 31.5 Å². The van der Waals surface area contributed by atoms with Crippen LogP contribution >= 0.6 is 22.9 Å². The standard InChI is InChI=1S/C21H21ClN6OS/c22-17-11-14(4-6-23-17)26-20-19-15-5-10-28(12-16(15)30-21(19)25-13-24-20)18(29)3-1-7-27-8-2-9-27/h1,3-4,6,11,13H,2,5,7-10,12H2,(H,23,24,25,26)/b3-1+. The van der Waals surface area contributed by atoms with Gasteiger partial charge in [-0.1, -0.05) is 17.7 Å². The average molecular weight is 441 g/mol. The molecule has 0 spiro atoms. The van der Waals surface area contributed by atoms with Gasteiger partial charge in [0.05, 0.1) is 11.9 Å². The molecule has 3 aromatic heterocycles. The van der Waals surface area contributed by atoms with Crippen LogP contribution in [0.1, 0.15) is 16.9 Å². The number of anilines is 2. The van der Waals surface area contributed by atoms with Gasteiger partial charge in [-0.2, -0.15) is 0 Å². The molecule has 1 N–H and O–H groups in total. The van der Waals surface area contributed by atoms with Gasteiger partial charge in [0.1, 0.15) is 22.1 Å². The highest BCUT2D eigenvalue weighted by atomic mass is 35.5. The van der Waals surface area contributed by atoms with E-state index >= 15 is 0 Å². The Bertz CT molecular complexity index is 1130. The number of hydrogen-bond acceptors (Lipinski definition) is 7. The second-order valence-electron chi connectivity index (χ2n) is 7.46. The number of likely N-dealkylation sites (tertiary alicyclic amines) is 1. The molecule has 0 unspecified atom stereocenters. The van der Waals surface area contributed by atoms with Crippen molar-refractivity contribution in [2.24, 2.45) is 0 Å². The van der Waals surface area contributed by atoms with Gasteiger partial charge in [-0.15, -0.1) is 11.3 Å². The quantitative estimate of drug-likeness (QED) is 0.482. The number of hydrogen-bond donors (Lipinski definition) is 1. The molecular formula is C21H21ClN6OS. The zero-order valence-electron chi connectivity index (χ0n) is 16.3. The first-order valence-corrected chi connectivity index (χ1v) is 11.2. The lowest BCUT2D eigenvalue weighted by Gasteiger charge is -2.29. The molecule has 2 aliphatic heterocycles. The van der Waals surface area contributed by atoms with Crippen molar-refractivity contribution in [2.45, 2.75) is 19.4 Å². The summed E-state index contributed by atoms with van der Waals surface area (Å²) in [5, 5.41) is 4.80. The molecule has 1 saturated heterocycles. The summed E-state index contributed by atoms with van der Waals surface area (Å²) in [6, 6.07) is 3.62. The lowest BCUT2D eigenvalue weighted by atomic mass is 10.0. The van der Waals surface area contributed by atoms with E-state index in [-0.39, 0.29) is 5.91 Å². The van der Waals surface area contributed by atoms with Gasteiger partial charge < -0.3 is 10.2 Å². The number of nitrogens with zero attached hydrogens (tertiary/aromatic N) is 5. The van der Waals surface area contributed by atoms with Gasteiger partial charge in [-0.05, 0) is 43.6 Å². The molecule has 154 valence electrons. The summed E-state index contributed by atoms with van der Waals surface area (Å²) in [6.07, 6.45) is 8.98. The van der Waals surface area contributed by atoms with Crippen molar-refractivity contribution in [1.29, 1.82) is 0 Å². The van der Waals surface area contributed by atoms with Gasteiger partial charge in [0.2, 0.25) is 5.91 Å². The molecule has 0 bridgehead atoms. The molecular weight excluding hydrogens is 420 g/mol. The molecule has 1 fully saturated rings. The first-order chi connectivity index (χ1) is 14.7. The van der Waals surface area contributed by atoms with Gasteiger partial charge in [0.25, 0.3) is 0 Å². The third-order valence-electron chi connectivity index (χ3n) is 5.51. The van der Waals surface area contributed by atoms with Crippen LogP contribution in [0.25, 0.3) is 10.2 Å². The summed E-state index contributed by atoms with van der Waals surface area (Å²) in [7, 11) is 0. The van der Waals surface area contributed by atoms with Crippen LogP contribution < -0.4 is 5.32 Å². The van der Waals surface area contributed by atoms with E-state index in [0.29, 0.717) is 18.2 Å². The van der Waals surface area contributed by atoms with Crippen molar-refractivity contribution in [1.82, 2.24) is 24.8 Å². The molecule has 2 aliphatic rings. The Balaban J connectivity index is 1.36. The van der Waals surface area contributed by atoms with Gasteiger partial charge in [0, 0.05) is 35.9 Å². The molecule has 30 heavy (non-hydrogen) atoms. The Hall–Kier alpha value is -2.55. The Morgan fingerprint density at radius 2 is 2.17 bits per heavy atom. The number of pyridine rings is 1. The summed E-state index contributed by atoms with van der Waals surface area (Å²) < 4.78 is 0. The van der Waals surface area contributed by atoms with Gasteiger partial charge in [0.15, 0.2) is 0 Å². The number of rotatable bonds is 5. The van der Waals surface area contributed by atoms with E-state index in [9.17, 15) is 4.79 Å². The second kappa shape index (κ2) is 8.29. The number of aromatic nitrogens is 3. The van der Waals surface area contributed by atoms with E-state index in [0.717, 1.165) is 47.8 Å². The van der Waals surface area contributed by atoms with Crippen molar-refractivity contribution in [3.63, 3.8) is 0 Å². The fraction of sp³-hybridized carbons (Fsp3) is 0.333. The molecule has 0 saturated carbocycles. The third-order valence-corrected chi connectivity index (χ3v) is 6.84. The van der Waals surface area contributed by atoms with Crippen molar-refractivity contribution < 1.29 is 4.79 Å². The van der Waals surface area contributed by atoms with Crippen LogP contribution in [-0.4, -0.2) is 56.8 Å². The maximum absolute atomic E-state index is 12.6. The largest absolute Gasteiger partial charge is 0.339 e. The third kappa shape index (κ3) is 3.90. The minimum Gasteiger partial charge on any atom is -0.339 e. The first kappa shape index (κ1) is 19.4. The summed E-state index contributed by atoms with van der Waals surface area (Å²) >= 11 is 7.64. The molecule has 0 radical (unpaired) electrons. The van der Waals surface area contributed by atoms with E-state index in [1.807, 2.05) is 17.0 Å². The number of thiophene rings is 1. The lowest BCUT2D eigenvalue weighted by molar-refractivity contribution is -0.126. The number of amides is 1. The highest BCUT2D eigenvalue weighted by Gasteiger charge is 2.25. The van der Waals surface area contributed by atoms with Gasteiger partial charge in [-0.25, -0.2) is 15.0 Å². The van der Waals surface area contributed by atoms with Crippen LogP contribution in [0, 0.1) is 0 Å². The van der Waals surface area contributed by atoms with E-state index in [4.69, 9.17) is 11.6 Å². The highest BCUT2D eigenvalue weighted by Crippen LogP contribution is 2.38. The van der Waals surface area contributed by atoms with Crippen LogP contribution in [0.2, 0.25) is 5.15 Å². The molecule has 0 atom stereocenters. The van der Waals surface area contributed by atoms with E-state index < -0.39 is 0 Å². The van der Waals surface area contributed by atoms with Crippen LogP contribution in [0.4, 0.5) is 11.5 Å². The number of halogens is 1. The second-order valence-corrected chi connectivity index (χ2v) is 8.94. The Morgan fingerprint density at radius 1 is 1.27 bits per heavy atom. The fourth-order valence-electron chi connectivity index (χ4n) is 3.80. The Kier molecular flexibility index (Phi) is 5.37. The molecule has 0 aromatic carbocycles. The molecule has 9 heteroatoms. The summed E-state index contributed by atoms with van der Waals surface area (Å²) in [4.78, 5) is 31.9. The summed E-state index contributed by atoms with van der Waals surface area (Å²) in [6.45, 7) is 4.44. The van der Waals surface area contributed by atoms with Crippen molar-refractivity contribution in [3.05, 3.63) is 52.4 Å². The van der Waals surface area contributed by atoms with E-state index in [1.165, 1.54) is 16.9 Å². The average Bonchev–Trinajstić information content (AvgIpc) is 3.08. The van der Waals surface area contributed by atoms with Crippen LogP contribution in [-0.2, 0) is 17.8 Å². The smallest absolute Gasteiger partial charge is 0.246 e. The van der Waals surface area contributed by atoms with Crippen LogP contribution in [0.15, 0.2) is 36.8 Å². The molecule has 0 aliphatic carbocycles. The maximum atomic E-state index is 12.6. The molecule has 5 heterocycles. The topological polar surface area (TPSA) is 74.2 Å². The number of nitrogens with one attached hydrogen (secondary N) is 1. The number of carbonyl (C=O) groups excluding carboxylic acids is 1. The Labute approximate surface area is 183 Å². The normalized spacial score (nSPS) is 16.6. The molecule has 3 aromatic rings. The van der Waals surface area contributed by atoms with Crippen molar-refractivity contribution >= 4 is 50.6 Å². The first-order valence-electron chi connectivity index (χ1n) is 9.99. The van der Waals surface area contributed by atoms with Crippen LogP contribution in [0.3, 0.4) is 0 Å². The van der Waals surface area contributed by atoms with Gasteiger partial charge in [-0.3, -0.25) is 9.69 Å². The molecule has 1 amide bonds. The fourth-order valence-corrected chi connectivity index (χ4v) is 5.18. The predicted molar refractivity (Wildman–Crippen MR) is 119 cm³/mol. The Morgan fingerprint density at radius 3 is 2.97 bits per heavy atom. The summed E-state index contributed by atoms with van der Waals surface area (Å²) in [5.74, 6) is 0.837. The van der Waals surface area contributed by atoms with E-state index in [1.54, 1.807) is 36.0 Å². The minimum atomic E-state index is 0.0782. The van der Waals surface area contributed by atoms with Crippen molar-refractivity contribution in [3.8, 4) is 0 Å². The SMILES string of the molecule is O=C(/C=C/CN1CCC1)N1CCc2c(sc3ncnc(Nc4ccnc(Cl)c4)c23)C1. The molecule has 5 rings (SSSR count). The maximum Gasteiger partial charge on any atom is 0.246 e. The predicted octanol–water partition coefficient (Wildman–Crippen LogP) is 3.63. The molecule has 7 nitrogen and oxygen atoms in total. The number of carbonyl (C=O) groups is 1. The lowest BCUT2D eigenvalue weighted by Crippen LogP contribution is -2.37. The zero-order valence-corrected chi connectivity index (χ0v) is 17.9. The summed E-state index contributed by atoms with van der Waals surface area (Å²) in [5.41, 5.74) is 2.06. The van der Waals surface area contributed by atoms with E-state index in [2.05, 4.69) is 25.2 Å². The van der Waals surface area contributed by atoms with Gasteiger partial charge >= 0.3 is 0 Å². The minimum absolute atomic E-state index is 0.0782. The van der Waals surface area contributed by atoms with Crippen LogP contribution in [0.5, 0.6) is 0 Å².